The maximum Gasteiger partial charge on any atom is 0.459 e. The van der Waals surface area contributed by atoms with Gasteiger partial charge in [0.25, 0.3) is 0 Å². The van der Waals surface area contributed by atoms with E-state index in [1.807, 2.05) is 0 Å². The summed E-state index contributed by atoms with van der Waals surface area (Å²) in [5.74, 6) is -11.4. The maximum absolute atomic E-state index is 15.4. The van der Waals surface area contributed by atoms with Crippen molar-refractivity contribution in [2.75, 3.05) is 7.11 Å². The second-order valence-electron chi connectivity index (χ2n) is 6.75. The van der Waals surface area contributed by atoms with E-state index in [-0.39, 0.29) is 23.3 Å². The highest BCUT2D eigenvalue weighted by Crippen LogP contribution is 2.59. The zero-order chi connectivity index (χ0) is 21.9. The summed E-state index contributed by atoms with van der Waals surface area (Å²) in [5, 5.41) is 0. The number of methoxy groups -OCH3 is 1. The molecule has 0 bridgehead atoms. The molecular weight excluding hydrogens is 401 g/mol. The van der Waals surface area contributed by atoms with Gasteiger partial charge in [0.2, 0.25) is 0 Å². The van der Waals surface area contributed by atoms with Gasteiger partial charge in [-0.1, -0.05) is 62.2 Å². The van der Waals surface area contributed by atoms with Crippen molar-refractivity contribution in [1.29, 1.82) is 0 Å². The maximum atomic E-state index is 15.4. The molecule has 0 amide bonds. The Kier molecular flexibility index (Phi) is 6.55. The third kappa shape index (κ3) is 3.81. The fourth-order valence-corrected chi connectivity index (χ4v) is 3.46. The third-order valence-corrected chi connectivity index (χ3v) is 5.04. The SMILES string of the molecule is CCCCC(c1ccccc1)(c1ccc(OC)cc1)C(F)(F)C(F)(F)C(F)(F)F. The van der Waals surface area contributed by atoms with Crippen LogP contribution in [0.1, 0.15) is 37.3 Å². The van der Waals surface area contributed by atoms with Crippen LogP contribution in [0.4, 0.5) is 30.7 Å². The van der Waals surface area contributed by atoms with Crippen molar-refractivity contribution in [3.8, 4) is 5.75 Å². The second-order valence-corrected chi connectivity index (χ2v) is 6.75. The number of alkyl halides is 7. The summed E-state index contributed by atoms with van der Waals surface area (Å²) in [6.45, 7) is 1.64. The zero-order valence-electron chi connectivity index (χ0n) is 15.9. The molecule has 0 aliphatic heterocycles. The topological polar surface area (TPSA) is 9.23 Å². The van der Waals surface area contributed by atoms with Gasteiger partial charge in [-0.25, -0.2) is 0 Å². The molecule has 0 fully saturated rings. The summed E-state index contributed by atoms with van der Waals surface area (Å²) >= 11 is 0. The van der Waals surface area contributed by atoms with Crippen molar-refractivity contribution in [3.63, 3.8) is 0 Å². The van der Waals surface area contributed by atoms with Gasteiger partial charge in [0.1, 0.15) is 5.75 Å². The molecule has 2 rings (SSSR count). The number of rotatable bonds is 8. The number of hydrogen-bond donors (Lipinski definition) is 0. The van der Waals surface area contributed by atoms with Crippen LogP contribution in [0.3, 0.4) is 0 Å². The highest BCUT2D eigenvalue weighted by atomic mass is 19.4. The van der Waals surface area contributed by atoms with Crippen molar-refractivity contribution in [2.45, 2.75) is 49.6 Å². The van der Waals surface area contributed by atoms with Gasteiger partial charge >= 0.3 is 18.0 Å². The predicted octanol–water partition coefficient (Wildman–Crippen LogP) is 7.00. The quantitative estimate of drug-likeness (QED) is 0.416. The number of benzene rings is 2. The van der Waals surface area contributed by atoms with Crippen LogP contribution in [0.2, 0.25) is 0 Å². The molecule has 160 valence electrons. The molecule has 0 radical (unpaired) electrons. The van der Waals surface area contributed by atoms with E-state index in [9.17, 15) is 22.0 Å². The van der Waals surface area contributed by atoms with Crippen LogP contribution in [0, 0.1) is 0 Å². The summed E-state index contributed by atoms with van der Waals surface area (Å²) in [7, 11) is 1.32. The van der Waals surface area contributed by atoms with Crippen LogP contribution in [-0.2, 0) is 5.41 Å². The lowest BCUT2D eigenvalue weighted by atomic mass is 9.64. The summed E-state index contributed by atoms with van der Waals surface area (Å²) < 4.78 is 103. The summed E-state index contributed by atoms with van der Waals surface area (Å²) in [6.07, 6.45) is -6.67. The van der Waals surface area contributed by atoms with Gasteiger partial charge in [-0.3, -0.25) is 0 Å². The molecule has 0 saturated heterocycles. The van der Waals surface area contributed by atoms with Gasteiger partial charge in [0, 0.05) is 0 Å². The first-order chi connectivity index (χ1) is 13.5. The van der Waals surface area contributed by atoms with E-state index in [4.69, 9.17) is 4.74 Å². The Labute approximate surface area is 164 Å². The molecule has 0 aliphatic carbocycles. The Morgan fingerprint density at radius 3 is 1.69 bits per heavy atom. The first-order valence-electron chi connectivity index (χ1n) is 8.98. The smallest absolute Gasteiger partial charge is 0.459 e. The van der Waals surface area contributed by atoms with E-state index in [0.29, 0.717) is 6.42 Å². The van der Waals surface area contributed by atoms with Crippen LogP contribution in [0.15, 0.2) is 54.6 Å². The second kappa shape index (κ2) is 8.24. The van der Waals surface area contributed by atoms with Gasteiger partial charge in [-0.2, -0.15) is 30.7 Å². The number of unbranched alkanes of at least 4 members (excludes halogenated alkanes) is 1. The summed E-state index contributed by atoms with van der Waals surface area (Å²) in [6, 6.07) is 11.2. The van der Waals surface area contributed by atoms with Crippen LogP contribution in [0.5, 0.6) is 5.75 Å². The first-order valence-corrected chi connectivity index (χ1v) is 8.98. The fourth-order valence-electron chi connectivity index (χ4n) is 3.46. The monoisotopic (exact) mass is 422 g/mol. The molecule has 1 nitrogen and oxygen atoms in total. The van der Waals surface area contributed by atoms with Crippen LogP contribution < -0.4 is 4.74 Å². The number of hydrogen-bond acceptors (Lipinski definition) is 1. The van der Waals surface area contributed by atoms with Crippen LogP contribution in [-0.4, -0.2) is 25.1 Å². The minimum absolute atomic E-state index is 0.0183. The van der Waals surface area contributed by atoms with Crippen LogP contribution >= 0.6 is 0 Å². The lowest BCUT2D eigenvalue weighted by Crippen LogP contribution is -2.62. The van der Waals surface area contributed by atoms with Crippen LogP contribution in [0.25, 0.3) is 0 Å². The van der Waals surface area contributed by atoms with Gasteiger partial charge < -0.3 is 4.74 Å². The Morgan fingerprint density at radius 1 is 0.724 bits per heavy atom. The van der Waals surface area contributed by atoms with E-state index in [0.717, 1.165) is 24.3 Å². The molecule has 0 aromatic heterocycles. The molecular formula is C21H21F7O. The van der Waals surface area contributed by atoms with Crippen molar-refractivity contribution in [2.24, 2.45) is 0 Å². The normalized spacial score (nSPS) is 15.1. The van der Waals surface area contributed by atoms with Gasteiger partial charge in [-0.05, 0) is 29.7 Å². The lowest BCUT2D eigenvalue weighted by molar-refractivity contribution is -0.367. The molecule has 1 atom stereocenters. The standard InChI is InChI=1S/C21H21F7O/c1-3-4-14-18(15-8-6-5-7-9-15,16-10-12-17(29-2)13-11-16)19(22,23)20(24,25)21(26,27)28/h5-13H,3-4,14H2,1-2H3. The molecule has 0 spiro atoms. The minimum Gasteiger partial charge on any atom is -0.497 e. The Morgan fingerprint density at radius 2 is 1.24 bits per heavy atom. The molecule has 0 heterocycles. The lowest BCUT2D eigenvalue weighted by Gasteiger charge is -2.45. The molecule has 0 saturated carbocycles. The van der Waals surface area contributed by atoms with E-state index in [1.165, 1.54) is 37.4 Å². The summed E-state index contributed by atoms with van der Waals surface area (Å²) in [5.41, 5.74) is -3.55. The highest BCUT2D eigenvalue weighted by Gasteiger charge is 2.79. The molecule has 8 heteroatoms. The van der Waals surface area contributed by atoms with E-state index >= 15 is 8.78 Å². The minimum atomic E-state index is -6.42. The molecule has 2 aromatic rings. The average molecular weight is 422 g/mol. The van der Waals surface area contributed by atoms with E-state index in [1.54, 1.807) is 6.92 Å². The highest BCUT2D eigenvalue weighted by molar-refractivity contribution is 5.45. The van der Waals surface area contributed by atoms with Gasteiger partial charge in [0.05, 0.1) is 12.5 Å². The number of halogens is 7. The third-order valence-electron chi connectivity index (χ3n) is 5.04. The molecule has 0 aliphatic rings. The molecule has 0 N–H and O–H groups in total. The Bertz CT molecular complexity index is 785. The van der Waals surface area contributed by atoms with E-state index < -0.39 is 29.9 Å². The van der Waals surface area contributed by atoms with Crippen molar-refractivity contribution in [1.82, 2.24) is 0 Å². The fraction of sp³-hybridized carbons (Fsp3) is 0.429. The van der Waals surface area contributed by atoms with Crippen molar-refractivity contribution >= 4 is 0 Å². The Balaban J connectivity index is 2.87. The Hall–Kier alpha value is -2.25. The van der Waals surface area contributed by atoms with Gasteiger partial charge in [-0.15, -0.1) is 0 Å². The van der Waals surface area contributed by atoms with Crippen molar-refractivity contribution in [3.05, 3.63) is 65.7 Å². The molecule has 29 heavy (non-hydrogen) atoms. The van der Waals surface area contributed by atoms with Gasteiger partial charge in [0.15, 0.2) is 0 Å². The zero-order valence-corrected chi connectivity index (χ0v) is 15.9. The molecule has 1 unspecified atom stereocenters. The first kappa shape index (κ1) is 23.0. The largest absolute Gasteiger partial charge is 0.497 e. The van der Waals surface area contributed by atoms with E-state index in [2.05, 4.69) is 0 Å². The predicted molar refractivity (Wildman–Crippen MR) is 95.7 cm³/mol. The summed E-state index contributed by atoms with van der Waals surface area (Å²) in [4.78, 5) is 0. The number of ether oxygens (including phenoxy) is 1. The van der Waals surface area contributed by atoms with Crippen molar-refractivity contribution < 1.29 is 35.5 Å². The average Bonchev–Trinajstić information content (AvgIpc) is 2.68. The molecule has 2 aromatic carbocycles.